The maximum Gasteiger partial charge on any atom is 0.475 e. The quantitative estimate of drug-likeness (QED) is 0.581. The van der Waals surface area contributed by atoms with E-state index in [1.54, 1.807) is 12.1 Å². The highest BCUT2D eigenvalue weighted by Crippen LogP contribution is 2.00. The van der Waals surface area contributed by atoms with Gasteiger partial charge in [0.2, 0.25) is 12.2 Å². The highest BCUT2D eigenvalue weighted by atomic mass is 16.4. The number of anilines is 1. The van der Waals surface area contributed by atoms with E-state index in [0.717, 1.165) is 0 Å². The monoisotopic (exact) mass is 204 g/mol. The van der Waals surface area contributed by atoms with E-state index in [1.807, 2.05) is 18.2 Å². The van der Waals surface area contributed by atoms with Crippen LogP contribution in [0.5, 0.6) is 0 Å². The lowest BCUT2D eigenvalue weighted by Gasteiger charge is -1.96. The summed E-state index contributed by atoms with van der Waals surface area (Å²) in [4.78, 5) is 11.7. The van der Waals surface area contributed by atoms with Crippen LogP contribution in [0.15, 0.2) is 41.1 Å². The number of carbonyl (C=O) groups is 1. The number of rotatable bonds is 3. The Morgan fingerprint density at radius 3 is 2.73 bits per heavy atom. The normalized spacial score (nSPS) is 10.1. The Hall–Kier alpha value is -2.17. The molecule has 0 saturated heterocycles. The summed E-state index contributed by atoms with van der Waals surface area (Å²) in [5, 5.41) is 3.79. The number of hydrogen-bond acceptors (Lipinski definition) is 4. The summed E-state index contributed by atoms with van der Waals surface area (Å²) in [6.07, 6.45) is 1.20. The van der Waals surface area contributed by atoms with Crippen molar-refractivity contribution in [2.45, 2.75) is 6.54 Å². The molecule has 2 rings (SSSR count). The predicted molar refractivity (Wildman–Crippen MR) is 51.9 cm³/mol. The van der Waals surface area contributed by atoms with Crippen molar-refractivity contribution in [2.24, 2.45) is 0 Å². The van der Waals surface area contributed by atoms with Crippen LogP contribution in [0.3, 0.4) is 0 Å². The van der Waals surface area contributed by atoms with Crippen molar-refractivity contribution in [3.8, 4) is 0 Å². The summed E-state index contributed by atoms with van der Waals surface area (Å²) >= 11 is 0. The van der Waals surface area contributed by atoms with E-state index in [1.165, 1.54) is 11.1 Å². The number of nitrogens with zero attached hydrogens (tertiary/aromatic N) is 2. The van der Waals surface area contributed by atoms with Gasteiger partial charge in [0.1, 0.15) is 0 Å². The molecule has 0 amide bonds. The van der Waals surface area contributed by atoms with Gasteiger partial charge >= 0.3 is 6.01 Å². The van der Waals surface area contributed by atoms with Crippen LogP contribution in [0.1, 0.15) is 10.4 Å². The number of aromatic nitrogens is 2. The first kappa shape index (κ1) is 9.39. The number of Topliss-reactive ketones (excluding diaryl/α,β-unsaturated/α-hetero) is 1. The first-order valence-electron chi connectivity index (χ1n) is 4.44. The Labute approximate surface area is 86.1 Å². The molecule has 0 aliphatic rings. The van der Waals surface area contributed by atoms with Gasteiger partial charge in [-0.3, -0.25) is 10.5 Å². The van der Waals surface area contributed by atoms with E-state index in [9.17, 15) is 4.79 Å². The van der Waals surface area contributed by atoms with E-state index in [-0.39, 0.29) is 18.3 Å². The molecule has 1 aromatic heterocycles. The second kappa shape index (κ2) is 3.91. The molecule has 76 valence electrons. The first-order chi connectivity index (χ1) is 7.27. The third-order valence-corrected chi connectivity index (χ3v) is 2.00. The van der Waals surface area contributed by atoms with Gasteiger partial charge in [0, 0.05) is 5.56 Å². The van der Waals surface area contributed by atoms with Crippen molar-refractivity contribution in [2.75, 3.05) is 5.73 Å². The van der Waals surface area contributed by atoms with Crippen molar-refractivity contribution in [3.05, 3.63) is 42.3 Å². The van der Waals surface area contributed by atoms with Gasteiger partial charge in [-0.2, -0.15) is 0 Å². The molecule has 0 aliphatic carbocycles. The molecule has 5 nitrogen and oxygen atoms in total. The fraction of sp³-hybridized carbons (Fsp3) is 0.100. The highest BCUT2D eigenvalue weighted by molar-refractivity contribution is 5.94. The molecule has 0 fully saturated rings. The maximum absolute atomic E-state index is 11.7. The summed E-state index contributed by atoms with van der Waals surface area (Å²) in [5.74, 6) is -0.0544. The molecule has 0 saturated carbocycles. The largest absolute Gasteiger partial charge is 0.475 e. The van der Waals surface area contributed by atoms with Crippen LogP contribution in [-0.2, 0) is 6.54 Å². The van der Waals surface area contributed by atoms with Crippen LogP contribution in [0.4, 0.5) is 6.01 Å². The molecule has 0 atom stereocenters. The minimum atomic E-state index is -0.0544. The molecular formula is C10H10N3O2+. The summed E-state index contributed by atoms with van der Waals surface area (Å²) in [7, 11) is 0. The van der Waals surface area contributed by atoms with Crippen LogP contribution in [0.2, 0.25) is 0 Å². The third kappa shape index (κ3) is 2.01. The average Bonchev–Trinajstić information content (AvgIpc) is 2.66. The van der Waals surface area contributed by atoms with Crippen molar-refractivity contribution < 1.29 is 13.9 Å². The summed E-state index contributed by atoms with van der Waals surface area (Å²) in [6, 6.07) is 9.10. The van der Waals surface area contributed by atoms with E-state index >= 15 is 0 Å². The topological polar surface area (TPSA) is 73.0 Å². The van der Waals surface area contributed by atoms with Crippen LogP contribution >= 0.6 is 0 Å². The fourth-order valence-electron chi connectivity index (χ4n) is 1.22. The summed E-state index contributed by atoms with van der Waals surface area (Å²) in [6.45, 7) is 0.0896. The van der Waals surface area contributed by atoms with Crippen LogP contribution in [0, 0.1) is 0 Å². The predicted octanol–water partition coefficient (Wildman–Crippen LogP) is 0.427. The Morgan fingerprint density at radius 1 is 1.40 bits per heavy atom. The molecule has 1 heterocycles. The molecule has 1 aromatic carbocycles. The van der Waals surface area contributed by atoms with Gasteiger partial charge in [0.25, 0.3) is 0 Å². The van der Waals surface area contributed by atoms with Gasteiger partial charge in [-0.1, -0.05) is 35.0 Å². The van der Waals surface area contributed by atoms with Crippen molar-refractivity contribution in [1.29, 1.82) is 0 Å². The molecule has 2 aromatic rings. The number of hydrogen-bond donors (Lipinski definition) is 1. The molecule has 0 bridgehead atoms. The minimum Gasteiger partial charge on any atom is -0.375 e. The zero-order valence-corrected chi connectivity index (χ0v) is 7.96. The molecular weight excluding hydrogens is 194 g/mol. The second-order valence-electron chi connectivity index (χ2n) is 3.02. The Balaban J connectivity index is 2.15. The second-order valence-corrected chi connectivity index (χ2v) is 3.02. The van der Waals surface area contributed by atoms with Gasteiger partial charge < -0.3 is 4.42 Å². The zero-order valence-electron chi connectivity index (χ0n) is 7.96. The fourth-order valence-corrected chi connectivity index (χ4v) is 1.22. The van der Waals surface area contributed by atoms with Gasteiger partial charge in [-0.25, -0.2) is 0 Å². The minimum absolute atomic E-state index is 0.0544. The molecule has 0 radical (unpaired) electrons. The van der Waals surface area contributed by atoms with Crippen LogP contribution in [-0.4, -0.2) is 10.9 Å². The smallest absolute Gasteiger partial charge is 0.375 e. The first-order valence-corrected chi connectivity index (χ1v) is 4.44. The standard InChI is InChI=1S/C10H9N3O2/c11-10-13(12-7-15-10)6-9(14)8-4-2-1-3-5-8/h1-5,7,11H,6H2/p+1. The Bertz CT molecular complexity index is 465. The van der Waals surface area contributed by atoms with Crippen molar-refractivity contribution in [3.63, 3.8) is 0 Å². The van der Waals surface area contributed by atoms with E-state index in [0.29, 0.717) is 5.56 Å². The number of carbonyl (C=O) groups excluding carboxylic acids is 1. The van der Waals surface area contributed by atoms with E-state index in [4.69, 9.17) is 10.2 Å². The van der Waals surface area contributed by atoms with Crippen LogP contribution in [0.25, 0.3) is 0 Å². The number of nitrogens with two attached hydrogens (primary N) is 1. The highest BCUT2D eigenvalue weighted by Gasteiger charge is 2.15. The summed E-state index contributed by atoms with van der Waals surface area (Å²) in [5.41, 5.74) is 6.08. The van der Waals surface area contributed by atoms with E-state index < -0.39 is 0 Å². The lowest BCUT2D eigenvalue weighted by molar-refractivity contribution is -0.727. The molecule has 0 unspecified atom stereocenters. The average molecular weight is 204 g/mol. The number of nitrogen functional groups attached to an aromatic ring is 1. The molecule has 2 N–H and O–H groups in total. The van der Waals surface area contributed by atoms with Gasteiger partial charge in [0.15, 0.2) is 6.54 Å². The lowest BCUT2D eigenvalue weighted by Crippen LogP contribution is -2.41. The summed E-state index contributed by atoms with van der Waals surface area (Å²) < 4.78 is 6.09. The maximum atomic E-state index is 11.7. The van der Waals surface area contributed by atoms with E-state index in [2.05, 4.69) is 5.10 Å². The molecule has 0 spiro atoms. The van der Waals surface area contributed by atoms with Gasteiger partial charge in [0.05, 0.1) is 0 Å². The van der Waals surface area contributed by atoms with Gasteiger partial charge in [-0.15, -0.1) is 0 Å². The number of benzene rings is 1. The molecule has 0 aliphatic heterocycles. The van der Waals surface area contributed by atoms with Crippen LogP contribution < -0.4 is 10.4 Å². The molecule has 5 heteroatoms. The lowest BCUT2D eigenvalue weighted by atomic mass is 10.1. The molecule has 15 heavy (non-hydrogen) atoms. The Morgan fingerprint density at radius 2 is 2.13 bits per heavy atom. The Kier molecular flexibility index (Phi) is 2.45. The van der Waals surface area contributed by atoms with Crippen molar-refractivity contribution >= 4 is 11.8 Å². The zero-order chi connectivity index (χ0) is 10.7. The number of ketones is 1. The van der Waals surface area contributed by atoms with Crippen molar-refractivity contribution in [1.82, 2.24) is 5.10 Å². The third-order valence-electron chi connectivity index (χ3n) is 2.00. The van der Waals surface area contributed by atoms with Gasteiger partial charge in [-0.05, 0) is 5.10 Å². The SMILES string of the molecule is Nc1ocn[n+]1CC(=O)c1ccccc1.